The zero-order chi connectivity index (χ0) is 16.5. The zero-order valence-corrected chi connectivity index (χ0v) is 13.5. The normalized spacial score (nSPS) is 9.27. The highest BCUT2D eigenvalue weighted by Gasteiger charge is 2.01. The lowest BCUT2D eigenvalue weighted by atomic mass is 10.1. The van der Waals surface area contributed by atoms with Crippen molar-refractivity contribution >= 4 is 11.9 Å². The number of rotatable bonds is 12. The molecule has 0 amide bonds. The molecule has 22 heavy (non-hydrogen) atoms. The molecule has 0 rings (SSSR count). The Balaban J connectivity index is 3.26. The fourth-order valence-corrected chi connectivity index (χ4v) is 1.78. The number of unbranched alkanes of at least 4 members (excludes halogenated alkanes) is 6. The minimum Gasteiger partial charge on any atom is -0.466 e. The SMILES string of the molecule is C#CC#CC(=O)OCCCCCCCCOC(=O)CCCC. The summed E-state index contributed by atoms with van der Waals surface area (Å²) in [6.45, 7) is 2.96. The third kappa shape index (κ3) is 14.5. The summed E-state index contributed by atoms with van der Waals surface area (Å²) in [5, 5.41) is 0. The summed E-state index contributed by atoms with van der Waals surface area (Å²) in [4.78, 5) is 22.2. The molecule has 0 aromatic rings. The number of carbonyl (C=O) groups is 2. The van der Waals surface area contributed by atoms with Crippen LogP contribution in [0.1, 0.15) is 64.7 Å². The van der Waals surface area contributed by atoms with Crippen LogP contribution in [0.4, 0.5) is 0 Å². The van der Waals surface area contributed by atoms with Crippen LogP contribution in [0.2, 0.25) is 0 Å². The van der Waals surface area contributed by atoms with Crippen LogP contribution in [-0.4, -0.2) is 25.2 Å². The topological polar surface area (TPSA) is 52.6 Å². The van der Waals surface area contributed by atoms with Crippen molar-refractivity contribution in [1.82, 2.24) is 0 Å². The van der Waals surface area contributed by atoms with Gasteiger partial charge >= 0.3 is 11.9 Å². The third-order valence-electron chi connectivity index (χ3n) is 3.01. The van der Waals surface area contributed by atoms with E-state index in [1.165, 1.54) is 0 Å². The summed E-state index contributed by atoms with van der Waals surface area (Å²) >= 11 is 0. The Morgan fingerprint density at radius 1 is 0.909 bits per heavy atom. The molecular formula is C18H26O4. The van der Waals surface area contributed by atoms with E-state index >= 15 is 0 Å². The van der Waals surface area contributed by atoms with Gasteiger partial charge in [0.1, 0.15) is 0 Å². The van der Waals surface area contributed by atoms with E-state index in [0.29, 0.717) is 19.6 Å². The Hall–Kier alpha value is -1.94. The van der Waals surface area contributed by atoms with Crippen molar-refractivity contribution in [2.24, 2.45) is 0 Å². The second kappa shape index (κ2) is 15.4. The Morgan fingerprint density at radius 3 is 2.09 bits per heavy atom. The summed E-state index contributed by atoms with van der Waals surface area (Å²) in [5.74, 6) is 5.81. The summed E-state index contributed by atoms with van der Waals surface area (Å²) in [6.07, 6.45) is 13.3. The first-order valence-electron chi connectivity index (χ1n) is 7.99. The smallest absolute Gasteiger partial charge is 0.385 e. The molecule has 0 spiro atoms. The van der Waals surface area contributed by atoms with E-state index < -0.39 is 5.97 Å². The molecule has 0 saturated carbocycles. The minimum absolute atomic E-state index is 0.0865. The van der Waals surface area contributed by atoms with Crippen molar-refractivity contribution in [3.8, 4) is 24.2 Å². The van der Waals surface area contributed by atoms with Crippen LogP contribution < -0.4 is 0 Å². The predicted octanol–water partition coefficient (Wildman–Crippen LogP) is 3.24. The standard InChI is InChI=1S/C18H26O4/c1-3-5-13-17(19)21-15-11-9-7-8-10-12-16-22-18(20)14-6-4-2/h1H,4,6-12,14-16H2,2H3. The molecule has 0 heterocycles. The molecule has 0 radical (unpaired) electrons. The molecule has 0 bridgehead atoms. The van der Waals surface area contributed by atoms with Gasteiger partial charge in [0.15, 0.2) is 0 Å². The van der Waals surface area contributed by atoms with Crippen LogP contribution >= 0.6 is 0 Å². The average Bonchev–Trinajstić information content (AvgIpc) is 2.52. The van der Waals surface area contributed by atoms with E-state index in [9.17, 15) is 9.59 Å². The average molecular weight is 306 g/mol. The maximum atomic E-state index is 11.2. The van der Waals surface area contributed by atoms with Crippen LogP contribution in [0.3, 0.4) is 0 Å². The maximum Gasteiger partial charge on any atom is 0.385 e. The summed E-state index contributed by atoms with van der Waals surface area (Å²) in [7, 11) is 0. The first kappa shape index (κ1) is 20.1. The molecule has 0 aliphatic carbocycles. The molecule has 0 N–H and O–H groups in total. The molecule has 0 saturated heterocycles. The van der Waals surface area contributed by atoms with Gasteiger partial charge in [-0.2, -0.15) is 0 Å². The number of hydrogen-bond donors (Lipinski definition) is 0. The first-order valence-corrected chi connectivity index (χ1v) is 7.99. The quantitative estimate of drug-likeness (QED) is 0.240. The number of terminal acetylenes is 1. The van der Waals surface area contributed by atoms with Crippen molar-refractivity contribution in [2.45, 2.75) is 64.7 Å². The molecule has 0 aromatic heterocycles. The first-order chi connectivity index (χ1) is 10.7. The highest BCUT2D eigenvalue weighted by molar-refractivity contribution is 5.89. The highest BCUT2D eigenvalue weighted by atomic mass is 16.5. The largest absolute Gasteiger partial charge is 0.466 e. The van der Waals surface area contributed by atoms with Crippen molar-refractivity contribution < 1.29 is 19.1 Å². The fourth-order valence-electron chi connectivity index (χ4n) is 1.78. The second-order valence-corrected chi connectivity index (χ2v) is 4.98. The van der Waals surface area contributed by atoms with Crippen LogP contribution in [-0.2, 0) is 19.1 Å². The fraction of sp³-hybridized carbons (Fsp3) is 0.667. The molecule has 122 valence electrons. The summed E-state index contributed by atoms with van der Waals surface area (Å²) in [5.41, 5.74) is 0. The van der Waals surface area contributed by atoms with Crippen molar-refractivity contribution in [3.05, 3.63) is 0 Å². The lowest BCUT2D eigenvalue weighted by molar-refractivity contribution is -0.144. The Morgan fingerprint density at radius 2 is 1.50 bits per heavy atom. The van der Waals surface area contributed by atoms with Crippen molar-refractivity contribution in [2.75, 3.05) is 13.2 Å². The molecule has 0 atom stereocenters. The van der Waals surface area contributed by atoms with Gasteiger partial charge in [0.25, 0.3) is 0 Å². The Bertz CT molecular complexity index is 409. The van der Waals surface area contributed by atoms with Gasteiger partial charge in [0.05, 0.1) is 13.2 Å². The van der Waals surface area contributed by atoms with Gasteiger partial charge in [-0.15, -0.1) is 6.42 Å². The Kier molecular flexibility index (Phi) is 14.1. The molecule has 0 aliphatic rings. The Labute approximate surface area is 133 Å². The third-order valence-corrected chi connectivity index (χ3v) is 3.01. The molecule has 4 nitrogen and oxygen atoms in total. The van der Waals surface area contributed by atoms with Gasteiger partial charge in [0, 0.05) is 12.3 Å². The van der Waals surface area contributed by atoms with E-state index in [-0.39, 0.29) is 5.97 Å². The van der Waals surface area contributed by atoms with E-state index in [0.717, 1.165) is 51.4 Å². The summed E-state index contributed by atoms with van der Waals surface area (Å²) in [6, 6.07) is 0. The monoisotopic (exact) mass is 306 g/mol. The van der Waals surface area contributed by atoms with Gasteiger partial charge in [-0.05, 0) is 31.1 Å². The lowest BCUT2D eigenvalue weighted by Crippen LogP contribution is -2.05. The molecule has 0 fully saturated rings. The maximum absolute atomic E-state index is 11.2. The van der Waals surface area contributed by atoms with E-state index in [1.54, 1.807) is 0 Å². The van der Waals surface area contributed by atoms with Crippen LogP contribution in [0.25, 0.3) is 0 Å². The number of ether oxygens (including phenoxy) is 2. The van der Waals surface area contributed by atoms with E-state index in [2.05, 4.69) is 24.7 Å². The predicted molar refractivity (Wildman–Crippen MR) is 85.8 cm³/mol. The zero-order valence-electron chi connectivity index (χ0n) is 13.5. The van der Waals surface area contributed by atoms with Gasteiger partial charge in [-0.25, -0.2) is 4.79 Å². The minimum atomic E-state index is -0.567. The molecule has 0 aliphatic heterocycles. The van der Waals surface area contributed by atoms with Gasteiger partial charge in [-0.3, -0.25) is 4.79 Å². The van der Waals surface area contributed by atoms with Crippen LogP contribution in [0, 0.1) is 24.2 Å². The summed E-state index contributed by atoms with van der Waals surface area (Å²) < 4.78 is 10.0. The second-order valence-electron chi connectivity index (χ2n) is 4.98. The highest BCUT2D eigenvalue weighted by Crippen LogP contribution is 2.06. The molecular weight excluding hydrogens is 280 g/mol. The van der Waals surface area contributed by atoms with Gasteiger partial charge in [0.2, 0.25) is 0 Å². The van der Waals surface area contributed by atoms with Crippen molar-refractivity contribution in [1.29, 1.82) is 0 Å². The van der Waals surface area contributed by atoms with Gasteiger partial charge in [-0.1, -0.05) is 39.0 Å². The van der Waals surface area contributed by atoms with Crippen molar-refractivity contribution in [3.63, 3.8) is 0 Å². The number of hydrogen-bond acceptors (Lipinski definition) is 4. The van der Waals surface area contributed by atoms with Gasteiger partial charge < -0.3 is 9.47 Å². The van der Waals surface area contributed by atoms with Crippen LogP contribution in [0.5, 0.6) is 0 Å². The molecule has 4 heteroatoms. The molecule has 0 unspecified atom stereocenters. The van der Waals surface area contributed by atoms with E-state index in [4.69, 9.17) is 15.9 Å². The number of carbonyl (C=O) groups excluding carboxylic acids is 2. The number of esters is 2. The lowest BCUT2D eigenvalue weighted by Gasteiger charge is -2.04. The van der Waals surface area contributed by atoms with E-state index in [1.807, 2.05) is 0 Å². The van der Waals surface area contributed by atoms with Crippen LogP contribution in [0.15, 0.2) is 0 Å². The molecule has 0 aromatic carbocycles.